The summed E-state index contributed by atoms with van der Waals surface area (Å²) in [6.45, 7) is 4.26. The van der Waals surface area contributed by atoms with Crippen LogP contribution in [0.4, 0.5) is 0 Å². The van der Waals surface area contributed by atoms with Crippen LogP contribution in [0.25, 0.3) is 0 Å². The molecule has 0 aliphatic heterocycles. The summed E-state index contributed by atoms with van der Waals surface area (Å²) >= 11 is 5.88. The lowest BCUT2D eigenvalue weighted by atomic mass is 10.0. The summed E-state index contributed by atoms with van der Waals surface area (Å²) in [5.41, 5.74) is 5.92. The van der Waals surface area contributed by atoms with E-state index >= 15 is 0 Å². The second kappa shape index (κ2) is 5.20. The molecule has 1 rings (SSSR count). The minimum Gasteiger partial charge on any atom is -0.490 e. The Morgan fingerprint density at radius 3 is 2.81 bits per heavy atom. The molecule has 16 heavy (non-hydrogen) atoms. The van der Waals surface area contributed by atoms with Crippen LogP contribution in [0.15, 0.2) is 18.2 Å². The van der Waals surface area contributed by atoms with E-state index in [0.29, 0.717) is 22.9 Å². The van der Waals surface area contributed by atoms with E-state index in [9.17, 15) is 0 Å². The third-order valence-corrected chi connectivity index (χ3v) is 2.77. The van der Waals surface area contributed by atoms with Gasteiger partial charge in [-0.15, -0.1) is 0 Å². The molecule has 2 N–H and O–H groups in total. The number of halogens is 1. The Balaban J connectivity index is 2.83. The van der Waals surface area contributed by atoms with Gasteiger partial charge in [-0.3, -0.25) is 0 Å². The molecule has 1 aromatic rings. The topological polar surface area (TPSA) is 59.0 Å². The Morgan fingerprint density at radius 1 is 1.56 bits per heavy atom. The van der Waals surface area contributed by atoms with Gasteiger partial charge in [0.15, 0.2) is 0 Å². The van der Waals surface area contributed by atoms with E-state index in [2.05, 4.69) is 0 Å². The molecule has 0 fully saturated rings. The quantitative estimate of drug-likeness (QED) is 0.878. The highest BCUT2D eigenvalue weighted by Crippen LogP contribution is 2.26. The zero-order chi connectivity index (χ0) is 12.2. The fourth-order valence-electron chi connectivity index (χ4n) is 1.08. The van der Waals surface area contributed by atoms with Crippen molar-refractivity contribution in [1.29, 1.82) is 5.26 Å². The van der Waals surface area contributed by atoms with Gasteiger partial charge >= 0.3 is 0 Å². The first-order valence-corrected chi connectivity index (χ1v) is 5.48. The fraction of sp³-hybridized carbons (Fsp3) is 0.417. The maximum atomic E-state index is 8.94. The summed E-state index contributed by atoms with van der Waals surface area (Å²) < 4.78 is 5.53. The molecule has 0 aliphatic rings. The van der Waals surface area contributed by atoms with Crippen LogP contribution in [0.3, 0.4) is 0 Å². The molecule has 0 spiro atoms. The van der Waals surface area contributed by atoms with Gasteiger partial charge in [-0.1, -0.05) is 24.6 Å². The van der Waals surface area contributed by atoms with E-state index in [0.717, 1.165) is 6.42 Å². The molecule has 86 valence electrons. The van der Waals surface area contributed by atoms with Crippen molar-refractivity contribution in [3.8, 4) is 11.8 Å². The molecule has 0 heterocycles. The van der Waals surface area contributed by atoms with Gasteiger partial charge in [0, 0.05) is 5.54 Å². The van der Waals surface area contributed by atoms with Crippen LogP contribution in [-0.4, -0.2) is 12.1 Å². The fourth-order valence-corrected chi connectivity index (χ4v) is 1.29. The number of ether oxygens (including phenoxy) is 1. The highest BCUT2D eigenvalue weighted by atomic mass is 35.5. The Labute approximate surface area is 101 Å². The zero-order valence-electron chi connectivity index (χ0n) is 9.46. The van der Waals surface area contributed by atoms with Crippen LogP contribution >= 0.6 is 11.6 Å². The Kier molecular flexibility index (Phi) is 4.17. The minimum atomic E-state index is -0.394. The Morgan fingerprint density at radius 2 is 2.25 bits per heavy atom. The molecule has 3 nitrogen and oxygen atoms in total. The number of hydrogen-bond acceptors (Lipinski definition) is 3. The van der Waals surface area contributed by atoms with Gasteiger partial charge in [-0.25, -0.2) is 0 Å². The summed E-state index contributed by atoms with van der Waals surface area (Å²) in [6, 6.07) is 7.15. The van der Waals surface area contributed by atoms with Gasteiger partial charge in [-0.2, -0.15) is 5.26 Å². The molecule has 1 atom stereocenters. The lowest BCUT2D eigenvalue weighted by Crippen LogP contribution is -2.41. The maximum Gasteiger partial charge on any atom is 0.138 e. The van der Waals surface area contributed by atoms with E-state index in [1.54, 1.807) is 18.2 Å². The van der Waals surface area contributed by atoms with Gasteiger partial charge in [0.2, 0.25) is 0 Å². The monoisotopic (exact) mass is 238 g/mol. The molecule has 0 saturated carbocycles. The van der Waals surface area contributed by atoms with Crippen LogP contribution in [0.1, 0.15) is 25.8 Å². The normalized spacial score (nSPS) is 13.9. The number of rotatable bonds is 4. The van der Waals surface area contributed by atoms with Crippen molar-refractivity contribution >= 4 is 11.6 Å². The number of nitrogens with two attached hydrogens (primary N) is 1. The van der Waals surface area contributed by atoms with Gasteiger partial charge < -0.3 is 10.5 Å². The molecule has 0 radical (unpaired) electrons. The first-order chi connectivity index (χ1) is 7.50. The van der Waals surface area contributed by atoms with E-state index in [1.807, 2.05) is 19.9 Å². The molecule has 0 saturated heterocycles. The minimum absolute atomic E-state index is 0.357. The lowest BCUT2D eigenvalue weighted by molar-refractivity contribution is 0.225. The van der Waals surface area contributed by atoms with Gasteiger partial charge in [0.25, 0.3) is 0 Å². The number of benzene rings is 1. The first-order valence-electron chi connectivity index (χ1n) is 5.10. The summed E-state index contributed by atoms with van der Waals surface area (Å²) in [7, 11) is 0. The average molecular weight is 239 g/mol. The standard InChI is InChI=1S/C12H15ClN2O/c1-3-12(2,15)8-16-11-6-4-5-10(13)9(11)7-14/h4-6H,3,8,15H2,1-2H3. The third-order valence-electron chi connectivity index (χ3n) is 2.45. The van der Waals surface area contributed by atoms with Crippen molar-refractivity contribution in [3.63, 3.8) is 0 Å². The van der Waals surface area contributed by atoms with Crippen molar-refractivity contribution in [2.75, 3.05) is 6.61 Å². The van der Waals surface area contributed by atoms with Crippen LogP contribution in [-0.2, 0) is 0 Å². The van der Waals surface area contributed by atoms with Crippen LogP contribution in [0.5, 0.6) is 5.75 Å². The van der Waals surface area contributed by atoms with E-state index < -0.39 is 5.54 Å². The molecule has 0 bridgehead atoms. The highest BCUT2D eigenvalue weighted by molar-refractivity contribution is 6.31. The van der Waals surface area contributed by atoms with Crippen molar-refractivity contribution in [2.45, 2.75) is 25.8 Å². The zero-order valence-corrected chi connectivity index (χ0v) is 10.2. The summed E-state index contributed by atoms with van der Waals surface area (Å²) in [5.74, 6) is 0.486. The smallest absolute Gasteiger partial charge is 0.138 e. The number of nitrogens with zero attached hydrogens (tertiary/aromatic N) is 1. The Hall–Kier alpha value is -1.24. The summed E-state index contributed by atoms with van der Waals surface area (Å²) in [5, 5.41) is 9.34. The van der Waals surface area contributed by atoms with Gasteiger partial charge in [0.1, 0.15) is 24.0 Å². The maximum absolute atomic E-state index is 8.94. The average Bonchev–Trinajstić information content (AvgIpc) is 2.26. The van der Waals surface area contributed by atoms with Crippen molar-refractivity contribution in [2.24, 2.45) is 5.73 Å². The molecule has 1 unspecified atom stereocenters. The Bertz CT molecular complexity index is 410. The van der Waals surface area contributed by atoms with E-state index in [4.69, 9.17) is 27.3 Å². The number of nitriles is 1. The molecular formula is C12H15ClN2O. The van der Waals surface area contributed by atoms with Crippen molar-refractivity contribution in [1.82, 2.24) is 0 Å². The largest absolute Gasteiger partial charge is 0.490 e. The molecule has 1 aromatic carbocycles. The molecule has 4 heteroatoms. The first kappa shape index (κ1) is 12.8. The van der Waals surface area contributed by atoms with E-state index in [-0.39, 0.29) is 0 Å². The second-order valence-electron chi connectivity index (χ2n) is 4.02. The molecule has 0 aliphatic carbocycles. The molecular weight excluding hydrogens is 224 g/mol. The van der Waals surface area contributed by atoms with Crippen molar-refractivity contribution < 1.29 is 4.74 Å². The van der Waals surface area contributed by atoms with Crippen LogP contribution in [0, 0.1) is 11.3 Å². The molecule has 0 aromatic heterocycles. The summed E-state index contributed by atoms with van der Waals surface area (Å²) in [6.07, 6.45) is 0.801. The SMILES string of the molecule is CCC(C)(N)COc1cccc(Cl)c1C#N. The number of hydrogen-bond donors (Lipinski definition) is 1. The van der Waals surface area contributed by atoms with Crippen LogP contribution < -0.4 is 10.5 Å². The second-order valence-corrected chi connectivity index (χ2v) is 4.43. The predicted molar refractivity (Wildman–Crippen MR) is 64.5 cm³/mol. The van der Waals surface area contributed by atoms with Gasteiger partial charge in [0.05, 0.1) is 5.02 Å². The predicted octanol–water partition coefficient (Wildman–Crippen LogP) is 2.72. The van der Waals surface area contributed by atoms with Crippen molar-refractivity contribution in [3.05, 3.63) is 28.8 Å². The van der Waals surface area contributed by atoms with Crippen LogP contribution in [0.2, 0.25) is 5.02 Å². The highest BCUT2D eigenvalue weighted by Gasteiger charge is 2.17. The third kappa shape index (κ3) is 3.13. The summed E-state index contributed by atoms with van der Waals surface area (Å²) in [4.78, 5) is 0. The van der Waals surface area contributed by atoms with Gasteiger partial charge in [-0.05, 0) is 25.5 Å². The van der Waals surface area contributed by atoms with E-state index in [1.165, 1.54) is 0 Å². The lowest BCUT2D eigenvalue weighted by Gasteiger charge is -2.23. The molecule has 0 amide bonds.